The first-order chi connectivity index (χ1) is 9.31. The predicted octanol–water partition coefficient (Wildman–Crippen LogP) is 2.07. The summed E-state index contributed by atoms with van der Waals surface area (Å²) in [6, 6.07) is 20.5. The molecule has 1 atom stereocenters. The van der Waals surface area contributed by atoms with Gasteiger partial charge >= 0.3 is 0 Å². The highest BCUT2D eigenvalue weighted by atomic mass is 16.6. The van der Waals surface area contributed by atoms with Crippen LogP contribution in [0, 0.1) is 0 Å². The summed E-state index contributed by atoms with van der Waals surface area (Å²) in [7, 11) is 0. The van der Waals surface area contributed by atoms with E-state index in [9.17, 15) is 0 Å². The molecule has 0 bridgehead atoms. The van der Waals surface area contributed by atoms with Crippen LogP contribution in [0.15, 0.2) is 60.7 Å². The van der Waals surface area contributed by atoms with Crippen molar-refractivity contribution in [2.45, 2.75) is 19.4 Å². The molecule has 0 radical (unpaired) electrons. The van der Waals surface area contributed by atoms with Crippen LogP contribution in [-0.2, 0) is 9.31 Å². The van der Waals surface area contributed by atoms with E-state index >= 15 is 0 Å². The molecule has 0 unspecified atom stereocenters. The van der Waals surface area contributed by atoms with Crippen LogP contribution in [-0.4, -0.2) is 19.3 Å². The van der Waals surface area contributed by atoms with Gasteiger partial charge < -0.3 is 9.31 Å². The molecule has 0 aliphatic carbocycles. The highest BCUT2D eigenvalue weighted by Crippen LogP contribution is 2.19. The molecule has 1 heterocycles. The fraction of sp³-hybridized carbons (Fsp3) is 0.250. The smallest absolute Gasteiger partial charge is 0.299 e. The Kier molecular flexibility index (Phi) is 3.41. The third kappa shape index (κ3) is 2.31. The zero-order valence-electron chi connectivity index (χ0n) is 11.2. The quantitative estimate of drug-likeness (QED) is 0.763. The van der Waals surface area contributed by atoms with Crippen molar-refractivity contribution >= 4 is 17.5 Å². The van der Waals surface area contributed by atoms with Gasteiger partial charge in [-0.05, 0) is 13.3 Å². The first kappa shape index (κ1) is 12.5. The molecule has 2 aromatic rings. The van der Waals surface area contributed by atoms with Gasteiger partial charge in [-0.15, -0.1) is 10.9 Å². The molecule has 1 aliphatic heterocycles. The summed E-state index contributed by atoms with van der Waals surface area (Å²) in [5.74, 6) is 0. The van der Waals surface area contributed by atoms with Gasteiger partial charge in [0.25, 0.3) is 6.55 Å². The lowest BCUT2D eigenvalue weighted by atomic mass is 9.45. The zero-order chi connectivity index (χ0) is 13.1. The van der Waals surface area contributed by atoms with E-state index in [2.05, 4.69) is 31.2 Å². The first-order valence-electron chi connectivity index (χ1n) is 6.88. The van der Waals surface area contributed by atoms with Gasteiger partial charge in [-0.25, -0.2) is 0 Å². The normalized spacial score (nSPS) is 22.1. The van der Waals surface area contributed by atoms with E-state index in [0.29, 0.717) is 0 Å². The summed E-state index contributed by atoms with van der Waals surface area (Å²) in [5.41, 5.74) is 2.22. The second-order valence-corrected chi connectivity index (χ2v) is 5.14. The van der Waals surface area contributed by atoms with Gasteiger partial charge in [-0.2, -0.15) is 0 Å². The van der Waals surface area contributed by atoms with Gasteiger partial charge in [0.1, 0.15) is 0 Å². The molecule has 0 saturated carbocycles. The molecular formula is C16H18BO2-. The lowest BCUT2D eigenvalue weighted by molar-refractivity contribution is 0.0738. The van der Waals surface area contributed by atoms with Crippen LogP contribution >= 0.6 is 0 Å². The average molecular weight is 253 g/mol. The van der Waals surface area contributed by atoms with E-state index in [1.807, 2.05) is 36.4 Å². The Balaban J connectivity index is 2.11. The van der Waals surface area contributed by atoms with Crippen LogP contribution in [0.5, 0.6) is 0 Å². The van der Waals surface area contributed by atoms with Crippen molar-refractivity contribution in [3.8, 4) is 0 Å². The van der Waals surface area contributed by atoms with Gasteiger partial charge in [0, 0.05) is 12.7 Å². The van der Waals surface area contributed by atoms with E-state index in [1.54, 1.807) is 0 Å². The van der Waals surface area contributed by atoms with Crippen molar-refractivity contribution in [2.24, 2.45) is 0 Å². The van der Waals surface area contributed by atoms with E-state index in [4.69, 9.17) is 9.31 Å². The van der Waals surface area contributed by atoms with Gasteiger partial charge in [0.05, 0.1) is 0 Å². The molecule has 98 valence electrons. The van der Waals surface area contributed by atoms with Gasteiger partial charge in [-0.3, -0.25) is 0 Å². The van der Waals surface area contributed by atoms with Crippen LogP contribution in [0.2, 0.25) is 0 Å². The van der Waals surface area contributed by atoms with Crippen molar-refractivity contribution in [3.05, 3.63) is 60.7 Å². The number of hydrogen-bond acceptors (Lipinski definition) is 2. The monoisotopic (exact) mass is 253 g/mol. The minimum atomic E-state index is -1.54. The fourth-order valence-electron chi connectivity index (χ4n) is 2.79. The second kappa shape index (κ2) is 5.20. The molecule has 3 rings (SSSR count). The molecule has 0 amide bonds. The first-order valence-corrected chi connectivity index (χ1v) is 6.88. The highest BCUT2D eigenvalue weighted by molar-refractivity contribution is 6.92. The van der Waals surface area contributed by atoms with Crippen molar-refractivity contribution in [1.82, 2.24) is 0 Å². The van der Waals surface area contributed by atoms with Crippen molar-refractivity contribution in [3.63, 3.8) is 0 Å². The lowest BCUT2D eigenvalue weighted by Crippen LogP contribution is -2.66. The van der Waals surface area contributed by atoms with Crippen LogP contribution < -0.4 is 10.9 Å². The largest absolute Gasteiger partial charge is 0.561 e. The standard InChI is InChI=1S/C16H18BO2/c1-14-12-13-18-17(19-14,15-8-4-2-5-9-15)16-10-6-3-7-11-16/h2-11,14H,12-13H2,1H3/q-1/t14-/m0/s1. The maximum absolute atomic E-state index is 6.29. The van der Waals surface area contributed by atoms with Crippen LogP contribution in [0.3, 0.4) is 0 Å². The van der Waals surface area contributed by atoms with Crippen molar-refractivity contribution in [1.29, 1.82) is 0 Å². The number of hydrogen-bond donors (Lipinski definition) is 0. The molecular weight excluding hydrogens is 235 g/mol. The van der Waals surface area contributed by atoms with E-state index in [-0.39, 0.29) is 6.10 Å². The predicted molar refractivity (Wildman–Crippen MR) is 79.0 cm³/mol. The Morgan fingerprint density at radius 1 is 0.895 bits per heavy atom. The number of rotatable bonds is 2. The molecule has 1 fully saturated rings. The maximum atomic E-state index is 6.29. The van der Waals surface area contributed by atoms with E-state index in [1.165, 1.54) is 0 Å². The third-order valence-electron chi connectivity index (χ3n) is 3.78. The molecule has 0 spiro atoms. The summed E-state index contributed by atoms with van der Waals surface area (Å²) in [5, 5.41) is 0. The van der Waals surface area contributed by atoms with Crippen LogP contribution in [0.4, 0.5) is 0 Å². The lowest BCUT2D eigenvalue weighted by Gasteiger charge is -2.49. The van der Waals surface area contributed by atoms with Gasteiger partial charge in [-0.1, -0.05) is 60.7 Å². The topological polar surface area (TPSA) is 18.5 Å². The molecule has 3 heteroatoms. The molecule has 0 N–H and O–H groups in total. The van der Waals surface area contributed by atoms with Gasteiger partial charge in [0.2, 0.25) is 0 Å². The van der Waals surface area contributed by atoms with E-state index < -0.39 is 6.55 Å². The zero-order valence-corrected chi connectivity index (χ0v) is 11.2. The Labute approximate surface area is 114 Å². The van der Waals surface area contributed by atoms with Crippen molar-refractivity contribution in [2.75, 3.05) is 6.61 Å². The summed E-state index contributed by atoms with van der Waals surface area (Å²) in [4.78, 5) is 0. The van der Waals surface area contributed by atoms with Crippen LogP contribution in [0.1, 0.15) is 13.3 Å². The summed E-state index contributed by atoms with van der Waals surface area (Å²) >= 11 is 0. The summed E-state index contributed by atoms with van der Waals surface area (Å²) in [6.45, 7) is 1.31. The average Bonchev–Trinajstić information content (AvgIpc) is 2.49. The number of benzene rings is 2. The van der Waals surface area contributed by atoms with Crippen LogP contribution in [0.25, 0.3) is 0 Å². The molecule has 2 aromatic carbocycles. The fourth-order valence-corrected chi connectivity index (χ4v) is 2.79. The third-order valence-corrected chi connectivity index (χ3v) is 3.78. The summed E-state index contributed by atoms with van der Waals surface area (Å²) < 4.78 is 12.4. The summed E-state index contributed by atoms with van der Waals surface area (Å²) in [6.07, 6.45) is 1.16. The molecule has 0 aromatic heterocycles. The minimum absolute atomic E-state index is 0.217. The van der Waals surface area contributed by atoms with E-state index in [0.717, 1.165) is 24.0 Å². The van der Waals surface area contributed by atoms with Crippen molar-refractivity contribution < 1.29 is 9.31 Å². The maximum Gasteiger partial charge on any atom is 0.299 e. The van der Waals surface area contributed by atoms with Gasteiger partial charge in [0.15, 0.2) is 0 Å². The molecule has 1 saturated heterocycles. The molecule has 2 nitrogen and oxygen atoms in total. The Hall–Kier alpha value is -1.58. The Morgan fingerprint density at radius 3 is 1.89 bits per heavy atom. The Morgan fingerprint density at radius 2 is 1.42 bits per heavy atom. The molecule has 19 heavy (non-hydrogen) atoms. The minimum Gasteiger partial charge on any atom is -0.561 e. The SMILES string of the molecule is C[C@H]1CCO[B-](c2ccccc2)(c2ccccc2)O1. The molecule has 1 aliphatic rings. The second-order valence-electron chi connectivity index (χ2n) is 5.14. The highest BCUT2D eigenvalue weighted by Gasteiger charge is 2.35. The Bertz CT molecular complexity index is 487.